The molecular formula is C15H14O3. The van der Waals surface area contributed by atoms with E-state index in [9.17, 15) is 4.79 Å². The van der Waals surface area contributed by atoms with E-state index in [0.29, 0.717) is 5.56 Å². The standard InChI is InChI=1S/C15H14O3/c1-17-13-8-6-12(7-9-13)15(16)18-14-10-2-3-11(14)5-4-10/h2-11,14H,1H3. The van der Waals surface area contributed by atoms with Crippen molar-refractivity contribution < 1.29 is 14.3 Å². The molecule has 0 saturated carbocycles. The highest BCUT2D eigenvalue weighted by Gasteiger charge is 2.36. The van der Waals surface area contributed by atoms with Gasteiger partial charge in [-0.25, -0.2) is 4.79 Å². The number of hydrogen-bond donors (Lipinski definition) is 0. The van der Waals surface area contributed by atoms with Crippen LogP contribution < -0.4 is 4.74 Å². The van der Waals surface area contributed by atoms with Crippen molar-refractivity contribution in [3.8, 4) is 5.75 Å². The molecule has 0 amide bonds. The Morgan fingerprint density at radius 3 is 2.06 bits per heavy atom. The van der Waals surface area contributed by atoms with E-state index in [2.05, 4.69) is 24.3 Å². The third-order valence-electron chi connectivity index (χ3n) is 3.44. The minimum Gasteiger partial charge on any atom is -0.497 e. The smallest absolute Gasteiger partial charge is 0.338 e. The molecule has 1 aromatic rings. The summed E-state index contributed by atoms with van der Waals surface area (Å²) in [5, 5.41) is 0. The summed E-state index contributed by atoms with van der Waals surface area (Å²) in [5.41, 5.74) is 0.558. The maximum absolute atomic E-state index is 12.0. The Morgan fingerprint density at radius 2 is 1.56 bits per heavy atom. The Labute approximate surface area is 106 Å². The number of fused-ring (bicyclic) bond motifs is 2. The van der Waals surface area contributed by atoms with Crippen molar-refractivity contribution in [2.24, 2.45) is 11.8 Å². The van der Waals surface area contributed by atoms with Crippen LogP contribution in [-0.4, -0.2) is 19.2 Å². The van der Waals surface area contributed by atoms with Crippen LogP contribution in [0.4, 0.5) is 0 Å². The first-order chi connectivity index (χ1) is 8.78. The monoisotopic (exact) mass is 242 g/mol. The first kappa shape index (κ1) is 11.1. The van der Waals surface area contributed by atoms with E-state index in [0.717, 1.165) is 5.75 Å². The molecule has 0 atom stereocenters. The topological polar surface area (TPSA) is 35.5 Å². The number of methoxy groups -OCH3 is 1. The molecule has 0 radical (unpaired) electrons. The quantitative estimate of drug-likeness (QED) is 0.603. The van der Waals surface area contributed by atoms with E-state index in [1.807, 2.05) is 0 Å². The van der Waals surface area contributed by atoms with Crippen molar-refractivity contribution in [3.63, 3.8) is 0 Å². The second-order valence-corrected chi connectivity index (χ2v) is 4.52. The van der Waals surface area contributed by atoms with Gasteiger partial charge in [-0.05, 0) is 24.3 Å². The van der Waals surface area contributed by atoms with Gasteiger partial charge in [-0.2, -0.15) is 0 Å². The first-order valence-electron chi connectivity index (χ1n) is 5.99. The molecule has 0 aromatic heterocycles. The van der Waals surface area contributed by atoms with Gasteiger partial charge in [0.2, 0.25) is 0 Å². The summed E-state index contributed by atoms with van der Waals surface area (Å²) >= 11 is 0. The summed E-state index contributed by atoms with van der Waals surface area (Å²) in [7, 11) is 1.60. The highest BCUT2D eigenvalue weighted by molar-refractivity contribution is 5.89. The fourth-order valence-electron chi connectivity index (χ4n) is 2.41. The largest absolute Gasteiger partial charge is 0.497 e. The summed E-state index contributed by atoms with van der Waals surface area (Å²) in [4.78, 5) is 12.0. The molecule has 0 spiro atoms. The maximum atomic E-state index is 12.0. The number of rotatable bonds is 3. The van der Waals surface area contributed by atoms with Crippen molar-refractivity contribution >= 4 is 5.97 Å². The molecule has 0 aliphatic heterocycles. The average molecular weight is 242 g/mol. The molecule has 0 fully saturated rings. The molecule has 0 unspecified atom stereocenters. The van der Waals surface area contributed by atoms with Crippen LogP contribution in [0.1, 0.15) is 10.4 Å². The Hall–Kier alpha value is -2.03. The lowest BCUT2D eigenvalue weighted by atomic mass is 10.1. The van der Waals surface area contributed by atoms with Crippen molar-refractivity contribution in [2.75, 3.05) is 7.11 Å². The van der Waals surface area contributed by atoms with Gasteiger partial charge in [-0.3, -0.25) is 0 Å². The van der Waals surface area contributed by atoms with Gasteiger partial charge in [0, 0.05) is 11.8 Å². The van der Waals surface area contributed by atoms with E-state index in [1.165, 1.54) is 0 Å². The van der Waals surface area contributed by atoms with Crippen LogP contribution in [-0.2, 0) is 4.74 Å². The fourth-order valence-corrected chi connectivity index (χ4v) is 2.41. The molecule has 2 bridgehead atoms. The zero-order valence-electron chi connectivity index (χ0n) is 10.1. The molecule has 0 N–H and O–H groups in total. The highest BCUT2D eigenvalue weighted by Crippen LogP contribution is 2.35. The van der Waals surface area contributed by atoms with E-state index in [4.69, 9.17) is 9.47 Å². The molecule has 18 heavy (non-hydrogen) atoms. The average Bonchev–Trinajstić information content (AvgIpc) is 2.98. The fraction of sp³-hybridized carbons (Fsp3) is 0.267. The van der Waals surface area contributed by atoms with Gasteiger partial charge in [0.25, 0.3) is 0 Å². The zero-order chi connectivity index (χ0) is 12.5. The first-order valence-corrected chi connectivity index (χ1v) is 5.99. The van der Waals surface area contributed by atoms with Gasteiger partial charge >= 0.3 is 5.97 Å². The summed E-state index contributed by atoms with van der Waals surface area (Å²) in [6.45, 7) is 0. The minimum absolute atomic E-state index is 0.0559. The maximum Gasteiger partial charge on any atom is 0.338 e. The number of ether oxygens (including phenoxy) is 2. The van der Waals surface area contributed by atoms with E-state index < -0.39 is 0 Å². The second kappa shape index (κ2) is 4.33. The van der Waals surface area contributed by atoms with Crippen LogP contribution >= 0.6 is 0 Å². The third kappa shape index (κ3) is 1.82. The lowest BCUT2D eigenvalue weighted by molar-refractivity contribution is 0.0232. The number of esters is 1. The van der Waals surface area contributed by atoms with Crippen LogP contribution in [0.25, 0.3) is 0 Å². The Balaban J connectivity index is 1.68. The van der Waals surface area contributed by atoms with Gasteiger partial charge < -0.3 is 9.47 Å². The number of hydrogen-bond acceptors (Lipinski definition) is 3. The number of benzene rings is 1. The lowest BCUT2D eigenvalue weighted by Gasteiger charge is -2.17. The van der Waals surface area contributed by atoms with Gasteiger partial charge in [-0.15, -0.1) is 0 Å². The molecule has 3 nitrogen and oxygen atoms in total. The van der Waals surface area contributed by atoms with Crippen molar-refractivity contribution in [1.29, 1.82) is 0 Å². The van der Waals surface area contributed by atoms with E-state index >= 15 is 0 Å². The summed E-state index contributed by atoms with van der Waals surface area (Å²) < 4.78 is 10.6. The second-order valence-electron chi connectivity index (χ2n) is 4.52. The summed E-state index contributed by atoms with van der Waals surface area (Å²) in [6, 6.07) is 6.96. The Bertz CT molecular complexity index is 483. The predicted molar refractivity (Wildman–Crippen MR) is 67.5 cm³/mol. The van der Waals surface area contributed by atoms with Gasteiger partial charge in [0.1, 0.15) is 11.9 Å². The third-order valence-corrected chi connectivity index (χ3v) is 3.44. The molecular weight excluding hydrogens is 228 g/mol. The summed E-state index contributed by atoms with van der Waals surface area (Å²) in [5.74, 6) is 0.954. The number of carbonyl (C=O) groups excluding carboxylic acids is 1. The minimum atomic E-state index is -0.273. The predicted octanol–water partition coefficient (Wildman–Crippen LogP) is 2.59. The normalized spacial score (nSPS) is 27.5. The van der Waals surface area contributed by atoms with Gasteiger partial charge in [0.05, 0.1) is 12.7 Å². The van der Waals surface area contributed by atoms with Crippen LogP contribution in [0.5, 0.6) is 5.75 Å². The molecule has 3 heteroatoms. The lowest BCUT2D eigenvalue weighted by Crippen LogP contribution is -2.23. The van der Waals surface area contributed by atoms with Crippen molar-refractivity contribution in [1.82, 2.24) is 0 Å². The van der Waals surface area contributed by atoms with E-state index in [-0.39, 0.29) is 23.9 Å². The molecule has 1 aromatic carbocycles. The summed E-state index contributed by atoms with van der Waals surface area (Å²) in [6.07, 6.45) is 8.32. The SMILES string of the molecule is COc1ccc(C(=O)OC2C3C=CC2C=C3)cc1. The van der Waals surface area contributed by atoms with Crippen LogP contribution in [0.2, 0.25) is 0 Å². The molecule has 3 rings (SSSR count). The van der Waals surface area contributed by atoms with Gasteiger partial charge in [0.15, 0.2) is 0 Å². The van der Waals surface area contributed by atoms with Crippen LogP contribution in [0.3, 0.4) is 0 Å². The van der Waals surface area contributed by atoms with E-state index in [1.54, 1.807) is 31.4 Å². The molecule has 2 aliphatic carbocycles. The molecule has 2 aliphatic rings. The Morgan fingerprint density at radius 1 is 1.00 bits per heavy atom. The number of carbonyl (C=O) groups is 1. The Kier molecular flexibility index (Phi) is 2.67. The molecule has 0 saturated heterocycles. The van der Waals surface area contributed by atoms with Crippen LogP contribution in [0, 0.1) is 11.8 Å². The van der Waals surface area contributed by atoms with Crippen molar-refractivity contribution in [2.45, 2.75) is 6.10 Å². The molecule has 92 valence electrons. The highest BCUT2D eigenvalue weighted by atomic mass is 16.5. The zero-order valence-corrected chi connectivity index (χ0v) is 10.1. The van der Waals surface area contributed by atoms with Gasteiger partial charge in [-0.1, -0.05) is 24.3 Å². The van der Waals surface area contributed by atoms with Crippen LogP contribution in [0.15, 0.2) is 48.6 Å². The van der Waals surface area contributed by atoms with Crippen molar-refractivity contribution in [3.05, 3.63) is 54.1 Å². The molecule has 0 heterocycles.